The Hall–Kier alpha value is -1.10. The van der Waals surface area contributed by atoms with Crippen LogP contribution in [0, 0.1) is 0 Å². The fourth-order valence-electron chi connectivity index (χ4n) is 1.66. The molecule has 16 heavy (non-hydrogen) atoms. The second kappa shape index (κ2) is 5.30. The van der Waals surface area contributed by atoms with E-state index in [1.165, 1.54) is 6.92 Å². The van der Waals surface area contributed by atoms with Crippen LogP contribution < -0.4 is 5.32 Å². The Bertz CT molecular complexity index is 273. The van der Waals surface area contributed by atoms with Gasteiger partial charge in [-0.2, -0.15) is 0 Å². The first-order valence-electron chi connectivity index (χ1n) is 5.64. The summed E-state index contributed by atoms with van der Waals surface area (Å²) in [5.74, 6) is -1.26. The molecule has 1 aliphatic rings. The molecule has 0 aromatic carbocycles. The molecule has 1 rings (SSSR count). The highest BCUT2D eigenvalue weighted by atomic mass is 16.5. The molecule has 2 N–H and O–H groups in total. The van der Waals surface area contributed by atoms with E-state index in [0.29, 0.717) is 13.0 Å². The van der Waals surface area contributed by atoms with Crippen LogP contribution in [0.5, 0.6) is 0 Å². The first-order chi connectivity index (χ1) is 7.48. The molecule has 1 fully saturated rings. The zero-order valence-corrected chi connectivity index (χ0v) is 9.78. The molecule has 0 radical (unpaired) electrons. The molecule has 0 aliphatic carbocycles. The smallest absolute Gasteiger partial charge is 0.329 e. The van der Waals surface area contributed by atoms with Crippen molar-refractivity contribution in [3.8, 4) is 0 Å². The third-order valence-corrected chi connectivity index (χ3v) is 3.03. The molecule has 0 aromatic rings. The maximum Gasteiger partial charge on any atom is 0.329 e. The molecule has 5 heteroatoms. The van der Waals surface area contributed by atoms with Crippen LogP contribution in [0.2, 0.25) is 0 Å². The van der Waals surface area contributed by atoms with Crippen LogP contribution >= 0.6 is 0 Å². The van der Waals surface area contributed by atoms with Gasteiger partial charge in [0.05, 0.1) is 12.5 Å². The normalized spacial score (nSPS) is 23.8. The van der Waals surface area contributed by atoms with Gasteiger partial charge in [-0.1, -0.05) is 6.92 Å². The molecular weight excluding hydrogens is 210 g/mol. The van der Waals surface area contributed by atoms with Gasteiger partial charge in [0.25, 0.3) is 0 Å². The Morgan fingerprint density at radius 3 is 2.69 bits per heavy atom. The van der Waals surface area contributed by atoms with Crippen molar-refractivity contribution in [1.82, 2.24) is 5.32 Å². The highest BCUT2D eigenvalue weighted by Crippen LogP contribution is 2.16. The second-order valence-corrected chi connectivity index (χ2v) is 4.38. The molecule has 1 amide bonds. The van der Waals surface area contributed by atoms with Crippen LogP contribution in [0.4, 0.5) is 0 Å². The van der Waals surface area contributed by atoms with Crippen LogP contribution in [-0.4, -0.2) is 35.2 Å². The predicted molar refractivity (Wildman–Crippen MR) is 58.1 cm³/mol. The number of carbonyl (C=O) groups is 2. The van der Waals surface area contributed by atoms with Gasteiger partial charge in [0.1, 0.15) is 5.54 Å². The fraction of sp³-hybridized carbons (Fsp3) is 0.818. The van der Waals surface area contributed by atoms with Crippen molar-refractivity contribution < 1.29 is 19.4 Å². The van der Waals surface area contributed by atoms with E-state index in [1.807, 2.05) is 0 Å². The summed E-state index contributed by atoms with van der Waals surface area (Å²) in [6.07, 6.45) is 2.42. The first-order valence-corrected chi connectivity index (χ1v) is 5.64. The lowest BCUT2D eigenvalue weighted by Gasteiger charge is -2.25. The molecule has 1 heterocycles. The minimum absolute atomic E-state index is 0.0464. The number of carboxylic acid groups (broad SMARTS) is 1. The zero-order valence-electron chi connectivity index (χ0n) is 9.78. The molecule has 5 nitrogen and oxygen atoms in total. The van der Waals surface area contributed by atoms with Gasteiger partial charge in [0, 0.05) is 6.61 Å². The van der Waals surface area contributed by atoms with Crippen molar-refractivity contribution >= 4 is 11.9 Å². The Morgan fingerprint density at radius 1 is 1.56 bits per heavy atom. The number of carboxylic acids is 1. The van der Waals surface area contributed by atoms with E-state index in [-0.39, 0.29) is 18.4 Å². The van der Waals surface area contributed by atoms with Crippen LogP contribution in [0.15, 0.2) is 0 Å². The van der Waals surface area contributed by atoms with Crippen molar-refractivity contribution in [1.29, 1.82) is 0 Å². The van der Waals surface area contributed by atoms with Crippen molar-refractivity contribution in [2.75, 3.05) is 6.61 Å². The molecule has 1 saturated heterocycles. The lowest BCUT2D eigenvalue weighted by Crippen LogP contribution is -2.52. The quantitative estimate of drug-likeness (QED) is 0.735. The van der Waals surface area contributed by atoms with Crippen LogP contribution in [-0.2, 0) is 14.3 Å². The minimum atomic E-state index is -1.17. The van der Waals surface area contributed by atoms with Crippen molar-refractivity contribution in [2.45, 2.75) is 51.2 Å². The summed E-state index contributed by atoms with van der Waals surface area (Å²) < 4.78 is 5.32. The molecule has 2 atom stereocenters. The van der Waals surface area contributed by atoms with Crippen molar-refractivity contribution in [3.05, 3.63) is 0 Å². The van der Waals surface area contributed by atoms with Gasteiger partial charge in [-0.3, -0.25) is 4.79 Å². The van der Waals surface area contributed by atoms with E-state index < -0.39 is 11.5 Å². The number of hydrogen-bond acceptors (Lipinski definition) is 3. The molecule has 1 aliphatic heterocycles. The summed E-state index contributed by atoms with van der Waals surface area (Å²) >= 11 is 0. The van der Waals surface area contributed by atoms with Gasteiger partial charge in [0.2, 0.25) is 5.91 Å². The third kappa shape index (κ3) is 3.20. The Kier molecular flexibility index (Phi) is 4.29. The van der Waals surface area contributed by atoms with E-state index in [1.54, 1.807) is 6.92 Å². The second-order valence-electron chi connectivity index (χ2n) is 4.38. The number of carbonyl (C=O) groups excluding carboxylic acids is 1. The Labute approximate surface area is 95.2 Å². The fourth-order valence-corrected chi connectivity index (χ4v) is 1.66. The minimum Gasteiger partial charge on any atom is -0.480 e. The molecule has 0 saturated carbocycles. The summed E-state index contributed by atoms with van der Waals surface area (Å²) in [6, 6.07) is 0. The lowest BCUT2D eigenvalue weighted by atomic mass is 9.98. The van der Waals surface area contributed by atoms with Crippen molar-refractivity contribution in [2.24, 2.45) is 0 Å². The third-order valence-electron chi connectivity index (χ3n) is 3.03. The summed E-state index contributed by atoms with van der Waals surface area (Å²) in [7, 11) is 0. The Balaban J connectivity index is 2.45. The molecule has 92 valence electrons. The van der Waals surface area contributed by atoms with Crippen LogP contribution in [0.25, 0.3) is 0 Å². The van der Waals surface area contributed by atoms with Crippen LogP contribution in [0.1, 0.15) is 39.5 Å². The Morgan fingerprint density at radius 2 is 2.25 bits per heavy atom. The highest BCUT2D eigenvalue weighted by molar-refractivity contribution is 5.86. The molecule has 0 spiro atoms. The summed E-state index contributed by atoms with van der Waals surface area (Å²) in [5, 5.41) is 11.5. The first kappa shape index (κ1) is 13.0. The molecule has 0 aromatic heterocycles. The van der Waals surface area contributed by atoms with Gasteiger partial charge in [-0.25, -0.2) is 4.79 Å². The number of amides is 1. The lowest BCUT2D eigenvalue weighted by molar-refractivity contribution is -0.147. The monoisotopic (exact) mass is 229 g/mol. The van der Waals surface area contributed by atoms with Gasteiger partial charge < -0.3 is 15.2 Å². The molecular formula is C11H19NO4. The van der Waals surface area contributed by atoms with Gasteiger partial charge >= 0.3 is 5.97 Å². The average molecular weight is 229 g/mol. The maximum absolute atomic E-state index is 11.6. The topological polar surface area (TPSA) is 75.6 Å². The summed E-state index contributed by atoms with van der Waals surface area (Å²) in [6.45, 7) is 3.95. The van der Waals surface area contributed by atoms with Gasteiger partial charge in [0.15, 0.2) is 0 Å². The van der Waals surface area contributed by atoms with E-state index in [4.69, 9.17) is 9.84 Å². The summed E-state index contributed by atoms with van der Waals surface area (Å²) in [5.41, 5.74) is -1.17. The van der Waals surface area contributed by atoms with E-state index in [2.05, 4.69) is 5.32 Å². The van der Waals surface area contributed by atoms with E-state index in [0.717, 1.165) is 12.8 Å². The number of ether oxygens (including phenoxy) is 1. The largest absolute Gasteiger partial charge is 0.480 e. The zero-order chi connectivity index (χ0) is 12.2. The standard InChI is InChI=1S/C11H19NO4/c1-3-11(2,10(14)15)12-9(13)7-8-5-4-6-16-8/h8H,3-7H2,1-2H3,(H,12,13)(H,14,15). The SMILES string of the molecule is CCC(C)(NC(=O)CC1CCCO1)C(=O)O. The molecule has 2 unspecified atom stereocenters. The number of aliphatic carboxylic acids is 1. The number of nitrogens with one attached hydrogen (secondary N) is 1. The predicted octanol–water partition coefficient (Wildman–Crippen LogP) is 0.925. The number of hydrogen-bond donors (Lipinski definition) is 2. The number of rotatable bonds is 5. The van der Waals surface area contributed by atoms with E-state index >= 15 is 0 Å². The average Bonchev–Trinajstić information content (AvgIpc) is 2.69. The highest BCUT2D eigenvalue weighted by Gasteiger charge is 2.33. The molecule has 0 bridgehead atoms. The van der Waals surface area contributed by atoms with Crippen molar-refractivity contribution in [3.63, 3.8) is 0 Å². The summed E-state index contributed by atoms with van der Waals surface area (Å²) in [4.78, 5) is 22.6. The maximum atomic E-state index is 11.6. The van der Waals surface area contributed by atoms with Gasteiger partial charge in [-0.05, 0) is 26.2 Å². The van der Waals surface area contributed by atoms with Gasteiger partial charge in [-0.15, -0.1) is 0 Å². The van der Waals surface area contributed by atoms with Crippen LogP contribution in [0.3, 0.4) is 0 Å². The van der Waals surface area contributed by atoms with E-state index in [9.17, 15) is 9.59 Å².